The molecule has 0 rings (SSSR count). The van der Waals surface area contributed by atoms with E-state index in [1.807, 2.05) is 20.8 Å². The molecule has 0 saturated heterocycles. The summed E-state index contributed by atoms with van der Waals surface area (Å²) in [6.45, 7) is 6.08. The largest absolute Gasteiger partial charge is 0.462 e. The van der Waals surface area contributed by atoms with Crippen molar-refractivity contribution >= 4 is 27.7 Å². The van der Waals surface area contributed by atoms with E-state index in [9.17, 15) is 9.59 Å². The van der Waals surface area contributed by atoms with E-state index in [0.29, 0.717) is 6.61 Å². The van der Waals surface area contributed by atoms with Crippen molar-refractivity contribution in [2.24, 2.45) is 5.92 Å². The van der Waals surface area contributed by atoms with Crippen molar-refractivity contribution in [3.05, 3.63) is 11.6 Å². The molecule has 0 fully saturated rings. The predicted molar refractivity (Wildman–Crippen MR) is 63.0 cm³/mol. The Morgan fingerprint density at radius 3 is 2.40 bits per heavy atom. The zero-order valence-electron chi connectivity index (χ0n) is 9.38. The second-order valence-electron chi connectivity index (χ2n) is 3.52. The molecule has 0 aliphatic carbocycles. The quantitative estimate of drug-likeness (QED) is 0.246. The fourth-order valence-electron chi connectivity index (χ4n) is 0.953. The lowest BCUT2D eigenvalue weighted by Crippen LogP contribution is -2.18. The van der Waals surface area contributed by atoms with E-state index in [2.05, 4.69) is 15.9 Å². The number of alkyl halides is 1. The third-order valence-electron chi connectivity index (χ3n) is 1.58. The van der Waals surface area contributed by atoms with Crippen molar-refractivity contribution in [1.82, 2.24) is 0 Å². The zero-order chi connectivity index (χ0) is 11.8. The van der Waals surface area contributed by atoms with Gasteiger partial charge in [-0.25, -0.2) is 4.79 Å². The number of carbonyl (C=O) groups is 2. The molecule has 4 heteroatoms. The first kappa shape index (κ1) is 14.4. The first-order valence-corrected chi connectivity index (χ1v) is 6.13. The molecule has 86 valence electrons. The number of hydrogen-bond acceptors (Lipinski definition) is 3. The van der Waals surface area contributed by atoms with Crippen molar-refractivity contribution in [3.8, 4) is 0 Å². The topological polar surface area (TPSA) is 43.4 Å². The Balaban J connectivity index is 4.64. The van der Waals surface area contributed by atoms with Crippen LogP contribution < -0.4 is 0 Å². The van der Waals surface area contributed by atoms with Crippen LogP contribution >= 0.6 is 15.9 Å². The molecule has 0 aliphatic rings. The molecule has 0 amide bonds. The van der Waals surface area contributed by atoms with Gasteiger partial charge in [-0.15, -0.1) is 0 Å². The number of halogens is 1. The van der Waals surface area contributed by atoms with Gasteiger partial charge in [0.15, 0.2) is 5.78 Å². The molecule has 0 aromatic heterocycles. The van der Waals surface area contributed by atoms with Gasteiger partial charge in [0.25, 0.3) is 0 Å². The van der Waals surface area contributed by atoms with Crippen molar-refractivity contribution in [1.29, 1.82) is 0 Å². The maximum Gasteiger partial charge on any atom is 0.341 e. The standard InChI is InChI=1S/C11H17BrO3/c1-4-5-15-11(14)9(6-8(2)3)10(13)7-12/h6,8H,4-5,7H2,1-3H3/b9-6-. The summed E-state index contributed by atoms with van der Waals surface area (Å²) in [6.07, 6.45) is 2.39. The summed E-state index contributed by atoms with van der Waals surface area (Å²) < 4.78 is 4.93. The minimum atomic E-state index is -0.519. The Morgan fingerprint density at radius 2 is 2.00 bits per heavy atom. The van der Waals surface area contributed by atoms with Gasteiger partial charge in [-0.2, -0.15) is 0 Å². The van der Waals surface area contributed by atoms with Crippen LogP contribution in [-0.2, 0) is 14.3 Å². The summed E-state index contributed by atoms with van der Waals surface area (Å²) in [5.41, 5.74) is 0.148. The summed E-state index contributed by atoms with van der Waals surface area (Å²) in [7, 11) is 0. The molecule has 0 atom stereocenters. The molecule has 0 N–H and O–H groups in total. The number of allylic oxidation sites excluding steroid dienone is 1. The van der Waals surface area contributed by atoms with E-state index >= 15 is 0 Å². The lowest BCUT2D eigenvalue weighted by atomic mass is 10.1. The Morgan fingerprint density at radius 1 is 1.40 bits per heavy atom. The fourth-order valence-corrected chi connectivity index (χ4v) is 1.25. The molecule has 0 aliphatic heterocycles. The molecule has 15 heavy (non-hydrogen) atoms. The van der Waals surface area contributed by atoms with E-state index in [4.69, 9.17) is 4.74 Å². The second-order valence-corrected chi connectivity index (χ2v) is 4.08. The summed E-state index contributed by atoms with van der Waals surface area (Å²) in [6, 6.07) is 0. The summed E-state index contributed by atoms with van der Waals surface area (Å²) in [5.74, 6) is -0.600. The van der Waals surface area contributed by atoms with E-state index in [1.54, 1.807) is 6.08 Å². The van der Waals surface area contributed by atoms with E-state index in [1.165, 1.54) is 0 Å². The Labute approximate surface area is 99.0 Å². The highest BCUT2D eigenvalue weighted by Crippen LogP contribution is 2.08. The summed E-state index contributed by atoms with van der Waals surface area (Å²) >= 11 is 3.04. The monoisotopic (exact) mass is 276 g/mol. The smallest absolute Gasteiger partial charge is 0.341 e. The van der Waals surface area contributed by atoms with Gasteiger partial charge < -0.3 is 4.74 Å². The third-order valence-corrected chi connectivity index (χ3v) is 2.09. The number of esters is 1. The van der Waals surface area contributed by atoms with Crippen molar-refractivity contribution in [2.45, 2.75) is 27.2 Å². The van der Waals surface area contributed by atoms with Crippen LogP contribution in [0.25, 0.3) is 0 Å². The van der Waals surface area contributed by atoms with Gasteiger partial charge in [0.05, 0.1) is 17.5 Å². The number of ether oxygens (including phenoxy) is 1. The highest BCUT2D eigenvalue weighted by Gasteiger charge is 2.18. The maximum atomic E-state index is 11.5. The van der Waals surface area contributed by atoms with Crippen molar-refractivity contribution < 1.29 is 14.3 Å². The van der Waals surface area contributed by atoms with Gasteiger partial charge >= 0.3 is 5.97 Å². The van der Waals surface area contributed by atoms with Crippen LogP contribution in [0.2, 0.25) is 0 Å². The number of Topliss-reactive ketones (excluding diaryl/α,β-unsaturated/α-hetero) is 1. The number of carbonyl (C=O) groups excluding carboxylic acids is 2. The molecule has 0 bridgehead atoms. The lowest BCUT2D eigenvalue weighted by molar-refractivity contribution is -0.140. The van der Waals surface area contributed by atoms with Crippen LogP contribution in [0, 0.1) is 5.92 Å². The molecule has 3 nitrogen and oxygen atoms in total. The Bertz CT molecular complexity index is 257. The predicted octanol–water partition coefficient (Wildman–Crippen LogP) is 2.49. The number of hydrogen-bond donors (Lipinski definition) is 0. The average Bonchev–Trinajstić information content (AvgIpc) is 2.21. The molecule has 0 saturated carbocycles. The molecule has 0 aromatic rings. The SMILES string of the molecule is CCCOC(=O)/C(=C\C(C)C)C(=O)CBr. The van der Waals surface area contributed by atoms with Crippen LogP contribution in [0.1, 0.15) is 27.2 Å². The van der Waals surface area contributed by atoms with Crippen LogP contribution in [0.5, 0.6) is 0 Å². The summed E-state index contributed by atoms with van der Waals surface area (Å²) in [5, 5.41) is 0.146. The average molecular weight is 277 g/mol. The Hall–Kier alpha value is -0.640. The minimum Gasteiger partial charge on any atom is -0.462 e. The van der Waals surface area contributed by atoms with Crippen LogP contribution in [0.3, 0.4) is 0 Å². The minimum absolute atomic E-state index is 0.146. The van der Waals surface area contributed by atoms with Crippen molar-refractivity contribution in [3.63, 3.8) is 0 Å². The molecule has 0 unspecified atom stereocenters. The van der Waals surface area contributed by atoms with Gasteiger partial charge in [-0.3, -0.25) is 4.79 Å². The molecule has 0 aromatic carbocycles. The Kier molecular flexibility index (Phi) is 7.30. The van der Waals surface area contributed by atoms with Crippen LogP contribution in [-0.4, -0.2) is 23.7 Å². The van der Waals surface area contributed by atoms with Crippen LogP contribution in [0.4, 0.5) is 0 Å². The highest BCUT2D eigenvalue weighted by atomic mass is 79.9. The molecule has 0 heterocycles. The maximum absolute atomic E-state index is 11.5. The molecular formula is C11H17BrO3. The lowest BCUT2D eigenvalue weighted by Gasteiger charge is -2.06. The van der Waals surface area contributed by atoms with E-state index in [-0.39, 0.29) is 22.6 Å². The normalized spacial score (nSPS) is 11.7. The zero-order valence-corrected chi connectivity index (χ0v) is 11.0. The molecule has 0 spiro atoms. The highest BCUT2D eigenvalue weighted by molar-refractivity contribution is 9.09. The first-order chi connectivity index (χ1) is 7.02. The van der Waals surface area contributed by atoms with Gasteiger partial charge in [-0.05, 0) is 12.3 Å². The van der Waals surface area contributed by atoms with Gasteiger partial charge in [0.2, 0.25) is 0 Å². The number of rotatable bonds is 6. The number of ketones is 1. The second kappa shape index (κ2) is 7.63. The summed E-state index contributed by atoms with van der Waals surface area (Å²) in [4.78, 5) is 22.9. The van der Waals surface area contributed by atoms with Gasteiger partial charge in [0.1, 0.15) is 0 Å². The van der Waals surface area contributed by atoms with E-state index < -0.39 is 5.97 Å². The van der Waals surface area contributed by atoms with E-state index in [0.717, 1.165) is 6.42 Å². The van der Waals surface area contributed by atoms with Crippen LogP contribution in [0.15, 0.2) is 11.6 Å². The third kappa shape index (κ3) is 5.72. The van der Waals surface area contributed by atoms with Crippen molar-refractivity contribution in [2.75, 3.05) is 11.9 Å². The fraction of sp³-hybridized carbons (Fsp3) is 0.636. The molecule has 0 radical (unpaired) electrons. The first-order valence-electron chi connectivity index (χ1n) is 5.01. The van der Waals surface area contributed by atoms with Gasteiger partial charge in [-0.1, -0.05) is 42.8 Å². The molecular weight excluding hydrogens is 260 g/mol. The van der Waals surface area contributed by atoms with Gasteiger partial charge in [0, 0.05) is 0 Å².